The highest BCUT2D eigenvalue weighted by molar-refractivity contribution is 7.71. The van der Waals surface area contributed by atoms with E-state index in [1.807, 2.05) is 20.8 Å². The second kappa shape index (κ2) is 33.3. The Kier molecular flexibility index (Phi) is 31.5. The van der Waals surface area contributed by atoms with Gasteiger partial charge in [0, 0.05) is 70.0 Å². The van der Waals surface area contributed by atoms with E-state index in [9.17, 15) is 41.1 Å². The number of hydrogen-bond donors (Lipinski definition) is 0. The Balaban J connectivity index is 0.000000354. The Hall–Kier alpha value is 1.35. The van der Waals surface area contributed by atoms with Crippen molar-refractivity contribution in [1.29, 1.82) is 0 Å². The van der Waals surface area contributed by atoms with Crippen LogP contribution in [-0.2, 0) is 123 Å². The highest BCUT2D eigenvalue weighted by Crippen LogP contribution is 2.68. The lowest BCUT2D eigenvalue weighted by atomic mass is 9.88. The lowest BCUT2D eigenvalue weighted by Gasteiger charge is -2.40. The average Bonchev–Trinajstić information content (AvgIpc) is 3.53. The van der Waals surface area contributed by atoms with Crippen LogP contribution in [0.4, 0.5) is 0 Å². The second-order valence-electron chi connectivity index (χ2n) is 22.9. The summed E-state index contributed by atoms with van der Waals surface area (Å²) in [5, 5.41) is 0. The summed E-state index contributed by atoms with van der Waals surface area (Å²) in [6.07, 6.45) is 9.83. The summed E-state index contributed by atoms with van der Waals surface area (Å²) < 4.78 is 208. The molecule has 5 fully saturated rings. The van der Waals surface area contributed by atoms with E-state index in [4.69, 9.17) is 81.4 Å². The minimum Gasteiger partial charge on any atom is -0.312 e. The molecule has 27 nitrogen and oxygen atoms in total. The van der Waals surface area contributed by atoms with Crippen LogP contribution in [0.25, 0.3) is 0 Å². The SMILES string of the molecule is CCC1(COP(C)(=O)OC)COP(C)(=O)OC1.CCC1(COP(C)(=O)OCC2(CC)COP(C)(=O)OC2)COP(C)(=O)OC1.CCCCCCOP(C)(=O)OC1(C)COP(=O)(CP2(=O)OCC(C)(OP(C)(=O)OCCCCCC)CO2)OC1. The third kappa shape index (κ3) is 28.8. The van der Waals surface area contributed by atoms with Gasteiger partial charge in [-0.15, -0.1) is 0 Å². The largest absolute Gasteiger partial charge is 0.342 e. The summed E-state index contributed by atoms with van der Waals surface area (Å²) in [6.45, 7) is 24.7. The van der Waals surface area contributed by atoms with Crippen LogP contribution in [-0.4, -0.2) is 170 Å². The van der Waals surface area contributed by atoms with Crippen LogP contribution in [0.3, 0.4) is 0 Å². The Morgan fingerprint density at radius 2 is 0.663 bits per heavy atom. The van der Waals surface area contributed by atoms with E-state index in [1.54, 1.807) is 13.8 Å². The predicted molar refractivity (Wildman–Crippen MR) is 317 cm³/mol. The lowest BCUT2D eigenvalue weighted by Crippen LogP contribution is -2.43. The van der Waals surface area contributed by atoms with Crippen LogP contribution >= 0.6 is 68.4 Å². The van der Waals surface area contributed by atoms with Crippen LogP contribution in [0.5, 0.6) is 0 Å². The quantitative estimate of drug-likeness (QED) is 0.0460. The van der Waals surface area contributed by atoms with Crippen LogP contribution in [0, 0.1) is 16.2 Å². The van der Waals surface area contributed by atoms with Crippen molar-refractivity contribution < 1.29 is 123 Å². The van der Waals surface area contributed by atoms with Crippen molar-refractivity contribution in [3.8, 4) is 0 Å². The molecule has 0 aromatic rings. The highest BCUT2D eigenvalue weighted by Gasteiger charge is 2.52. The van der Waals surface area contributed by atoms with Crippen molar-refractivity contribution in [2.24, 2.45) is 16.2 Å². The molecule has 0 N–H and O–H groups in total. The van der Waals surface area contributed by atoms with Gasteiger partial charge in [-0.2, -0.15) is 0 Å². The van der Waals surface area contributed by atoms with Gasteiger partial charge in [-0.3, -0.25) is 50.1 Å². The third-order valence-electron chi connectivity index (χ3n) is 14.1. The fourth-order valence-corrected chi connectivity index (χ4v) is 20.6. The molecule has 0 aromatic heterocycles. The zero-order valence-electron chi connectivity index (χ0n) is 51.6. The van der Waals surface area contributed by atoms with Gasteiger partial charge in [-0.25, -0.2) is 0 Å². The maximum Gasteiger partial charge on any atom is 0.342 e. The molecule has 5 aliphatic rings. The molecule has 0 spiro atoms. The van der Waals surface area contributed by atoms with Crippen molar-refractivity contribution in [2.75, 3.05) is 159 Å². The molecule has 0 aromatic carbocycles. The smallest absolute Gasteiger partial charge is 0.312 e. The Bertz CT molecular complexity index is 2290. The molecular formula is C47H99O27P9. The molecule has 494 valence electrons. The van der Waals surface area contributed by atoms with Gasteiger partial charge in [0.15, 0.2) is 5.90 Å². The number of rotatable bonds is 31. The summed E-state index contributed by atoms with van der Waals surface area (Å²) in [4.78, 5) is 0. The number of unbranched alkanes of at least 4 members (excludes halogenated alkanes) is 6. The molecule has 5 heterocycles. The standard InChI is InChI=1S/C23H48O12P4.C15H31O9P3.C9H20O6P2/c1-7-9-11-13-15-28-36(5,24)34-22(3)17-30-38(26,31-18-22)21-39(27)32-19-23(4,20-33-39)35-37(6,25)29-16-14-12-10-8-2;1-6-14(8-19-25(3,16)20-9-14)12-23-27(5,18)24-13-15(7-2)10-21-26(4,17)22-11-15;1-5-9(6-13-16(3,10)12-2)7-14-17(4,11)15-8-9/h7-21H2,1-6H3;6-13H2,1-5H3;5-8H2,1-4H3. The minimum atomic E-state index is -3.88. The van der Waals surface area contributed by atoms with Crippen molar-refractivity contribution in [3.63, 3.8) is 0 Å². The maximum absolute atomic E-state index is 13.2. The molecular weight excluding hydrogens is 1280 g/mol. The topological polar surface area (TPSA) is 320 Å². The van der Waals surface area contributed by atoms with Gasteiger partial charge in [-0.1, -0.05) is 73.1 Å². The molecule has 0 bridgehead atoms. The van der Waals surface area contributed by atoms with Crippen LogP contribution in [0.1, 0.15) is 119 Å². The van der Waals surface area contributed by atoms with Gasteiger partial charge < -0.3 is 72.4 Å². The van der Waals surface area contributed by atoms with Gasteiger partial charge >= 0.3 is 68.4 Å². The van der Waals surface area contributed by atoms with Gasteiger partial charge in [-0.05, 0) is 46.0 Å². The molecule has 36 heteroatoms. The van der Waals surface area contributed by atoms with Gasteiger partial charge in [0.25, 0.3) is 0 Å². The van der Waals surface area contributed by atoms with Gasteiger partial charge in [0.05, 0.1) is 99.1 Å². The first-order valence-electron chi connectivity index (χ1n) is 28.0. The zero-order chi connectivity index (χ0) is 62.8. The van der Waals surface area contributed by atoms with E-state index < -0.39 is 102 Å². The van der Waals surface area contributed by atoms with Crippen molar-refractivity contribution >= 4 is 68.4 Å². The Labute approximate surface area is 494 Å². The summed E-state index contributed by atoms with van der Waals surface area (Å²) >= 11 is 0. The van der Waals surface area contributed by atoms with Crippen molar-refractivity contribution in [1.82, 2.24) is 0 Å². The fraction of sp³-hybridized carbons (Fsp3) is 1.00. The van der Waals surface area contributed by atoms with Gasteiger partial charge in [0.1, 0.15) is 11.2 Å². The zero-order valence-corrected chi connectivity index (χ0v) is 59.7. The molecule has 3 atom stereocenters. The first kappa shape index (κ1) is 78.6. The van der Waals surface area contributed by atoms with Gasteiger partial charge in [0.2, 0.25) is 0 Å². The molecule has 5 rings (SSSR count). The number of hydrogen-bond acceptors (Lipinski definition) is 27. The average molecular weight is 1380 g/mol. The summed E-state index contributed by atoms with van der Waals surface area (Å²) in [7, 11) is -28.5. The molecule has 5 aliphatic heterocycles. The molecule has 0 amide bonds. The summed E-state index contributed by atoms with van der Waals surface area (Å²) in [6, 6.07) is 0. The van der Waals surface area contributed by atoms with E-state index in [1.165, 1.54) is 53.8 Å². The van der Waals surface area contributed by atoms with E-state index in [0.717, 1.165) is 57.8 Å². The lowest BCUT2D eigenvalue weighted by molar-refractivity contribution is -0.0540. The van der Waals surface area contributed by atoms with Crippen LogP contribution < -0.4 is 0 Å². The monoisotopic (exact) mass is 1370 g/mol. The predicted octanol–water partition coefficient (Wildman–Crippen LogP) is 14.9. The first-order chi connectivity index (χ1) is 38.2. The van der Waals surface area contributed by atoms with E-state index in [2.05, 4.69) is 13.8 Å². The fourth-order valence-electron chi connectivity index (χ4n) is 7.73. The van der Waals surface area contributed by atoms with Crippen molar-refractivity contribution in [2.45, 2.75) is 130 Å². The van der Waals surface area contributed by atoms with Crippen molar-refractivity contribution in [3.05, 3.63) is 0 Å². The molecule has 5 saturated heterocycles. The Morgan fingerprint density at radius 3 is 0.916 bits per heavy atom. The molecule has 0 aliphatic carbocycles. The second-order valence-corrected chi connectivity index (χ2v) is 41.9. The molecule has 83 heavy (non-hydrogen) atoms. The molecule has 0 radical (unpaired) electrons. The van der Waals surface area contributed by atoms with Crippen LogP contribution in [0.15, 0.2) is 0 Å². The van der Waals surface area contributed by atoms with E-state index in [-0.39, 0.29) is 85.9 Å². The minimum absolute atomic E-state index is 0.105. The molecule has 0 saturated carbocycles. The van der Waals surface area contributed by atoms with E-state index in [0.29, 0.717) is 26.1 Å². The summed E-state index contributed by atoms with van der Waals surface area (Å²) in [5.41, 5.74) is -3.79. The summed E-state index contributed by atoms with van der Waals surface area (Å²) in [5.74, 6) is -0.610. The first-order valence-corrected chi connectivity index (χ1v) is 45.4. The molecule has 3 unspecified atom stereocenters. The normalized spacial score (nSPS) is 37.9. The maximum atomic E-state index is 13.2. The van der Waals surface area contributed by atoms with Crippen LogP contribution in [0.2, 0.25) is 0 Å². The highest BCUT2D eigenvalue weighted by atomic mass is 31.2. The van der Waals surface area contributed by atoms with E-state index >= 15 is 0 Å². The Morgan fingerprint density at radius 1 is 0.386 bits per heavy atom. The third-order valence-corrected chi connectivity index (χ3v) is 27.8.